The fraction of sp³-hybridized carbons (Fsp3) is 0.400. The second-order valence-corrected chi connectivity index (χ2v) is 4.81. The van der Waals surface area contributed by atoms with Gasteiger partial charge in [-0.1, -0.05) is 18.2 Å². The average molecular weight is 291 g/mol. The summed E-state index contributed by atoms with van der Waals surface area (Å²) in [4.78, 5) is 3.11. The number of rotatable bonds is 3. The van der Waals surface area contributed by atoms with Crippen molar-refractivity contribution in [2.75, 3.05) is 0 Å². The molecule has 21 heavy (non-hydrogen) atoms. The fourth-order valence-corrected chi connectivity index (χ4v) is 2.03. The first-order chi connectivity index (χ1) is 10.0. The van der Waals surface area contributed by atoms with E-state index in [1.54, 1.807) is 37.3 Å². The van der Waals surface area contributed by atoms with Crippen molar-refractivity contribution in [3.63, 3.8) is 0 Å². The molecule has 0 aliphatic carbocycles. The molecule has 5 atom stereocenters. The Hall–Kier alpha value is -1.91. The zero-order valence-corrected chi connectivity index (χ0v) is 11.5. The molecule has 1 aromatic rings. The first-order valence-corrected chi connectivity index (χ1v) is 6.52. The van der Waals surface area contributed by atoms with Gasteiger partial charge in [-0.25, -0.2) is 4.85 Å². The summed E-state index contributed by atoms with van der Waals surface area (Å²) in [5.41, 5.74) is 0.840. The van der Waals surface area contributed by atoms with Crippen LogP contribution < -0.4 is 4.74 Å². The molecule has 1 saturated heterocycles. The predicted molar refractivity (Wildman–Crippen MR) is 75.1 cm³/mol. The quantitative estimate of drug-likeness (QED) is 0.717. The van der Waals surface area contributed by atoms with Gasteiger partial charge in [-0.2, -0.15) is 0 Å². The number of aliphatic hydroxyl groups excluding tert-OH is 3. The molecule has 1 aliphatic heterocycles. The van der Waals surface area contributed by atoms with Crippen LogP contribution in [-0.2, 0) is 4.74 Å². The van der Waals surface area contributed by atoms with Crippen LogP contribution in [0.4, 0.5) is 0 Å². The first kappa shape index (κ1) is 15.5. The molecule has 1 heterocycles. The Morgan fingerprint density at radius 2 is 1.81 bits per heavy atom. The highest BCUT2D eigenvalue weighted by molar-refractivity contribution is 5.51. The van der Waals surface area contributed by atoms with Crippen LogP contribution in [0.15, 0.2) is 30.5 Å². The molecule has 2 rings (SSSR count). The van der Waals surface area contributed by atoms with Crippen molar-refractivity contribution in [3.05, 3.63) is 47.4 Å². The Labute approximate surface area is 122 Å². The van der Waals surface area contributed by atoms with E-state index in [1.165, 1.54) is 6.20 Å². The Balaban J connectivity index is 2.04. The third-order valence-corrected chi connectivity index (χ3v) is 3.28. The number of nitrogens with zero attached hydrogens (tertiary/aromatic N) is 1. The van der Waals surface area contributed by atoms with Crippen LogP contribution in [0.1, 0.15) is 12.5 Å². The number of aliphatic hydroxyl groups is 3. The van der Waals surface area contributed by atoms with Gasteiger partial charge >= 0.3 is 0 Å². The van der Waals surface area contributed by atoms with E-state index in [-0.39, 0.29) is 0 Å². The van der Waals surface area contributed by atoms with Crippen molar-refractivity contribution >= 4 is 6.08 Å². The van der Waals surface area contributed by atoms with Gasteiger partial charge in [0.25, 0.3) is 0 Å². The first-order valence-electron chi connectivity index (χ1n) is 6.52. The maximum Gasteiger partial charge on any atom is 0.229 e. The summed E-state index contributed by atoms with van der Waals surface area (Å²) >= 11 is 0. The van der Waals surface area contributed by atoms with Gasteiger partial charge in [0.05, 0.1) is 12.7 Å². The average Bonchev–Trinajstić information content (AvgIpc) is 2.50. The van der Waals surface area contributed by atoms with E-state index >= 15 is 0 Å². The largest absolute Gasteiger partial charge is 0.462 e. The van der Waals surface area contributed by atoms with E-state index in [0.717, 1.165) is 5.56 Å². The van der Waals surface area contributed by atoms with E-state index < -0.39 is 30.7 Å². The standard InChI is InChI=1S/C15H17NO5/c1-9-12(17)13(18)14(19)15(20-9)21-11-5-3-10(4-6-11)7-8-16-2/h3-9,12-15,17-19H,1H3/b8-7+/t9-,12-,13+,14+,15-/m0/s1. The molecule has 1 aromatic carbocycles. The predicted octanol–water partition coefficient (Wildman–Crippen LogP) is 0.783. The Kier molecular flexibility index (Phi) is 4.94. The maximum atomic E-state index is 9.85. The number of ether oxygens (including phenoxy) is 2. The molecule has 1 fully saturated rings. The molecule has 0 spiro atoms. The lowest BCUT2D eigenvalue weighted by atomic mass is 10.00. The monoisotopic (exact) mass is 291 g/mol. The number of benzene rings is 1. The van der Waals surface area contributed by atoms with Gasteiger partial charge in [-0.05, 0) is 24.6 Å². The smallest absolute Gasteiger partial charge is 0.229 e. The lowest BCUT2D eigenvalue weighted by molar-refractivity contribution is -0.268. The minimum absolute atomic E-state index is 0.454. The zero-order chi connectivity index (χ0) is 15.4. The van der Waals surface area contributed by atoms with Crippen LogP contribution in [0.3, 0.4) is 0 Å². The molecule has 6 nitrogen and oxygen atoms in total. The Morgan fingerprint density at radius 3 is 2.43 bits per heavy atom. The van der Waals surface area contributed by atoms with Crippen molar-refractivity contribution in [2.45, 2.75) is 37.6 Å². The van der Waals surface area contributed by atoms with Crippen molar-refractivity contribution in [2.24, 2.45) is 0 Å². The number of hydrogen-bond acceptors (Lipinski definition) is 5. The maximum absolute atomic E-state index is 9.85. The minimum atomic E-state index is -1.34. The van der Waals surface area contributed by atoms with Crippen LogP contribution in [-0.4, -0.2) is 46.0 Å². The second kappa shape index (κ2) is 6.70. The van der Waals surface area contributed by atoms with Gasteiger partial charge < -0.3 is 24.8 Å². The Bertz CT molecular complexity index is 536. The molecular formula is C15H17NO5. The molecule has 6 heteroatoms. The fourth-order valence-electron chi connectivity index (χ4n) is 2.03. The molecule has 0 aromatic heterocycles. The second-order valence-electron chi connectivity index (χ2n) is 4.81. The van der Waals surface area contributed by atoms with E-state index in [2.05, 4.69) is 4.85 Å². The SMILES string of the molecule is [C-]#[N+]/C=C/c1ccc(O[C@@H]2O[C@@H](C)[C@H](O)[C@@H](O)[C@H]2O)cc1. The highest BCUT2D eigenvalue weighted by Gasteiger charge is 2.43. The molecule has 0 amide bonds. The van der Waals surface area contributed by atoms with Gasteiger partial charge in [0, 0.05) is 0 Å². The molecule has 0 radical (unpaired) electrons. The van der Waals surface area contributed by atoms with Crippen LogP contribution in [0.5, 0.6) is 5.75 Å². The lowest BCUT2D eigenvalue weighted by Crippen LogP contribution is -2.58. The van der Waals surface area contributed by atoms with Gasteiger partial charge in [0.15, 0.2) is 6.20 Å². The molecule has 3 N–H and O–H groups in total. The van der Waals surface area contributed by atoms with E-state index in [4.69, 9.17) is 16.0 Å². The van der Waals surface area contributed by atoms with Crippen molar-refractivity contribution < 1.29 is 24.8 Å². The van der Waals surface area contributed by atoms with Gasteiger partial charge in [0.1, 0.15) is 24.1 Å². The molecule has 0 bridgehead atoms. The van der Waals surface area contributed by atoms with E-state index in [1.807, 2.05) is 0 Å². The lowest BCUT2D eigenvalue weighted by Gasteiger charge is -2.38. The number of hydrogen-bond donors (Lipinski definition) is 3. The van der Waals surface area contributed by atoms with Crippen LogP contribution in [0.25, 0.3) is 10.9 Å². The zero-order valence-electron chi connectivity index (χ0n) is 11.5. The molecule has 1 aliphatic rings. The highest BCUT2D eigenvalue weighted by atomic mass is 16.7. The summed E-state index contributed by atoms with van der Waals surface area (Å²) in [6.07, 6.45) is -2.50. The van der Waals surface area contributed by atoms with E-state index in [0.29, 0.717) is 5.75 Å². The summed E-state index contributed by atoms with van der Waals surface area (Å²) in [6, 6.07) is 6.84. The van der Waals surface area contributed by atoms with Gasteiger partial charge in [0.2, 0.25) is 6.29 Å². The summed E-state index contributed by atoms with van der Waals surface area (Å²) in [5.74, 6) is 0.454. The topological polar surface area (TPSA) is 83.5 Å². The van der Waals surface area contributed by atoms with Crippen LogP contribution in [0.2, 0.25) is 0 Å². The van der Waals surface area contributed by atoms with Crippen LogP contribution >= 0.6 is 0 Å². The summed E-state index contributed by atoms with van der Waals surface area (Å²) in [5, 5.41) is 29.2. The summed E-state index contributed by atoms with van der Waals surface area (Å²) in [6.45, 7) is 8.26. The minimum Gasteiger partial charge on any atom is -0.462 e. The Morgan fingerprint density at radius 1 is 1.14 bits per heavy atom. The van der Waals surface area contributed by atoms with Crippen molar-refractivity contribution in [3.8, 4) is 5.75 Å². The van der Waals surface area contributed by atoms with Gasteiger partial charge in [-0.3, -0.25) is 0 Å². The van der Waals surface area contributed by atoms with Gasteiger partial charge in [-0.15, -0.1) is 0 Å². The highest BCUT2D eigenvalue weighted by Crippen LogP contribution is 2.24. The molecule has 112 valence electrons. The van der Waals surface area contributed by atoms with Crippen LogP contribution in [0, 0.1) is 6.57 Å². The van der Waals surface area contributed by atoms with Crippen molar-refractivity contribution in [1.29, 1.82) is 0 Å². The third kappa shape index (κ3) is 3.60. The van der Waals surface area contributed by atoms with Crippen molar-refractivity contribution in [1.82, 2.24) is 0 Å². The third-order valence-electron chi connectivity index (χ3n) is 3.28. The summed E-state index contributed by atoms with van der Waals surface area (Å²) < 4.78 is 10.8. The molecule has 0 saturated carbocycles. The normalized spacial score (nSPS) is 32.8. The van der Waals surface area contributed by atoms with E-state index in [9.17, 15) is 15.3 Å². The molecule has 0 unspecified atom stereocenters. The summed E-state index contributed by atoms with van der Waals surface area (Å²) in [7, 11) is 0. The molecular weight excluding hydrogens is 274 g/mol.